The van der Waals surface area contributed by atoms with Gasteiger partial charge < -0.3 is 10.7 Å². The number of imidazole rings is 1. The smallest absolute Gasteiger partial charge is 0.327 e. The number of H-pyrrole nitrogens is 3. The number of anilines is 1. The zero-order valence-corrected chi connectivity index (χ0v) is 9.31. The number of nitrogens with zero attached hydrogens (tertiary/aromatic N) is 3. The van der Waals surface area contributed by atoms with E-state index in [1.54, 1.807) is 7.05 Å². The molecule has 5 N–H and O–H groups in total. The van der Waals surface area contributed by atoms with Gasteiger partial charge in [0.2, 0.25) is 0 Å². The molecule has 0 saturated carbocycles. The van der Waals surface area contributed by atoms with E-state index < -0.39 is 11.2 Å². The molecule has 3 aromatic rings. The highest BCUT2D eigenvalue weighted by molar-refractivity contribution is 5.77. The highest BCUT2D eigenvalue weighted by Gasteiger charge is 2.13. The fourth-order valence-electron chi connectivity index (χ4n) is 1.69. The third-order valence-electron chi connectivity index (χ3n) is 2.63. The molecule has 0 unspecified atom stereocenters. The standard InChI is InChI=1S/C9H9N7O2/c1-16-5(10)3(2-11-16)6-12-4-7(13-6)14-9(18)15-8(4)17/h2H,10H2,1H3,(H3,12,13,14,15,17,18). The van der Waals surface area contributed by atoms with Crippen LogP contribution in [0, 0.1) is 0 Å². The molecular formula is C9H9N7O2. The van der Waals surface area contributed by atoms with Crippen molar-refractivity contribution in [2.24, 2.45) is 7.05 Å². The molecule has 0 aliphatic heterocycles. The molecule has 3 rings (SSSR count). The lowest BCUT2D eigenvalue weighted by atomic mass is 10.3. The third-order valence-corrected chi connectivity index (χ3v) is 2.63. The summed E-state index contributed by atoms with van der Waals surface area (Å²) in [6, 6.07) is 0. The summed E-state index contributed by atoms with van der Waals surface area (Å²) in [6.07, 6.45) is 1.53. The summed E-state index contributed by atoms with van der Waals surface area (Å²) in [4.78, 5) is 34.1. The van der Waals surface area contributed by atoms with Crippen LogP contribution >= 0.6 is 0 Å². The molecule has 0 amide bonds. The SMILES string of the molecule is Cn1ncc(-c2nc3[nH]c(=O)[nH]c(=O)c3[nH]2)c1N. The molecular weight excluding hydrogens is 238 g/mol. The first-order chi connectivity index (χ1) is 8.56. The highest BCUT2D eigenvalue weighted by Crippen LogP contribution is 2.22. The molecule has 0 aliphatic rings. The van der Waals surface area contributed by atoms with Crippen LogP contribution in [0.25, 0.3) is 22.6 Å². The van der Waals surface area contributed by atoms with E-state index in [0.717, 1.165) is 0 Å². The normalized spacial score (nSPS) is 11.2. The number of aryl methyl sites for hydroxylation is 1. The molecule has 9 nitrogen and oxygen atoms in total. The molecule has 0 spiro atoms. The van der Waals surface area contributed by atoms with Gasteiger partial charge in [-0.2, -0.15) is 5.10 Å². The van der Waals surface area contributed by atoms with Gasteiger partial charge in [0.15, 0.2) is 5.65 Å². The first kappa shape index (κ1) is 10.3. The summed E-state index contributed by atoms with van der Waals surface area (Å²) < 4.78 is 1.48. The highest BCUT2D eigenvalue weighted by atomic mass is 16.2. The van der Waals surface area contributed by atoms with E-state index in [2.05, 4.69) is 25.0 Å². The zero-order valence-electron chi connectivity index (χ0n) is 9.31. The average Bonchev–Trinajstić information content (AvgIpc) is 2.84. The zero-order chi connectivity index (χ0) is 12.9. The summed E-state index contributed by atoms with van der Waals surface area (Å²) in [5.74, 6) is 0.788. The molecule has 0 saturated heterocycles. The maximum atomic E-state index is 11.5. The van der Waals surface area contributed by atoms with Gasteiger partial charge in [0, 0.05) is 7.05 Å². The van der Waals surface area contributed by atoms with Gasteiger partial charge in [-0.1, -0.05) is 0 Å². The molecule has 0 bridgehead atoms. The van der Waals surface area contributed by atoms with Crippen LogP contribution in [0.15, 0.2) is 15.8 Å². The number of nitrogen functional groups attached to an aromatic ring is 1. The molecule has 0 aliphatic carbocycles. The molecule has 0 fully saturated rings. The third kappa shape index (κ3) is 1.34. The second-order valence-electron chi connectivity index (χ2n) is 3.78. The van der Waals surface area contributed by atoms with Gasteiger partial charge in [-0.15, -0.1) is 0 Å². The summed E-state index contributed by atoms with van der Waals surface area (Å²) in [5.41, 5.74) is 5.60. The largest absolute Gasteiger partial charge is 0.383 e. The molecule has 92 valence electrons. The Labute approximate surface area is 98.7 Å². The number of nitrogens with one attached hydrogen (secondary N) is 3. The second-order valence-corrected chi connectivity index (χ2v) is 3.78. The Morgan fingerprint density at radius 1 is 1.28 bits per heavy atom. The summed E-state index contributed by atoms with van der Waals surface area (Å²) in [7, 11) is 1.69. The number of rotatable bonds is 1. The molecule has 9 heteroatoms. The van der Waals surface area contributed by atoms with Crippen molar-refractivity contribution in [2.45, 2.75) is 0 Å². The number of fused-ring (bicyclic) bond motifs is 1. The van der Waals surface area contributed by atoms with Crippen LogP contribution in [0.3, 0.4) is 0 Å². The average molecular weight is 247 g/mol. The van der Waals surface area contributed by atoms with Gasteiger partial charge in [0.05, 0.1) is 11.8 Å². The number of hydrogen-bond donors (Lipinski definition) is 4. The minimum atomic E-state index is -0.607. The van der Waals surface area contributed by atoms with Crippen molar-refractivity contribution in [3.8, 4) is 11.4 Å². The van der Waals surface area contributed by atoms with Gasteiger partial charge in [-0.25, -0.2) is 9.78 Å². The van der Waals surface area contributed by atoms with Crippen molar-refractivity contribution in [1.29, 1.82) is 0 Å². The van der Waals surface area contributed by atoms with Crippen LogP contribution in [0.5, 0.6) is 0 Å². The van der Waals surface area contributed by atoms with Gasteiger partial charge in [-0.3, -0.25) is 19.4 Å². The number of aromatic nitrogens is 6. The van der Waals surface area contributed by atoms with Gasteiger partial charge in [0.25, 0.3) is 5.56 Å². The molecule has 0 radical (unpaired) electrons. The Morgan fingerprint density at radius 3 is 2.72 bits per heavy atom. The fraction of sp³-hybridized carbons (Fsp3) is 0.111. The predicted molar refractivity (Wildman–Crippen MR) is 63.9 cm³/mol. The quantitative estimate of drug-likeness (QED) is 0.433. The lowest BCUT2D eigenvalue weighted by Gasteiger charge is -1.95. The molecule has 18 heavy (non-hydrogen) atoms. The van der Waals surface area contributed by atoms with Crippen LogP contribution in [-0.4, -0.2) is 29.7 Å². The maximum Gasteiger partial charge on any atom is 0.327 e. The van der Waals surface area contributed by atoms with Crippen LogP contribution in [-0.2, 0) is 7.05 Å². The van der Waals surface area contributed by atoms with E-state index in [1.165, 1.54) is 10.9 Å². The first-order valence-electron chi connectivity index (χ1n) is 5.06. The number of hydrogen-bond acceptors (Lipinski definition) is 5. The molecule has 3 heterocycles. The summed E-state index contributed by atoms with van der Waals surface area (Å²) >= 11 is 0. The van der Waals surface area contributed by atoms with Gasteiger partial charge >= 0.3 is 5.69 Å². The summed E-state index contributed by atoms with van der Waals surface area (Å²) in [5, 5.41) is 3.98. The Kier molecular flexibility index (Phi) is 1.91. The topological polar surface area (TPSA) is 138 Å². The predicted octanol–water partition coefficient (Wildman–Crippen LogP) is -1.08. The van der Waals surface area contributed by atoms with Gasteiger partial charge in [0.1, 0.15) is 17.2 Å². The fourth-order valence-corrected chi connectivity index (χ4v) is 1.69. The van der Waals surface area contributed by atoms with Crippen LogP contribution in [0.4, 0.5) is 5.82 Å². The van der Waals surface area contributed by atoms with Crippen molar-refractivity contribution in [2.75, 3.05) is 5.73 Å². The van der Waals surface area contributed by atoms with Crippen molar-refractivity contribution < 1.29 is 0 Å². The van der Waals surface area contributed by atoms with E-state index in [4.69, 9.17) is 5.73 Å². The minimum absolute atomic E-state index is 0.182. The Morgan fingerprint density at radius 2 is 2.06 bits per heavy atom. The Hall–Kier alpha value is -2.84. The maximum absolute atomic E-state index is 11.5. The van der Waals surface area contributed by atoms with Gasteiger partial charge in [-0.05, 0) is 0 Å². The van der Waals surface area contributed by atoms with Crippen LogP contribution in [0.1, 0.15) is 0 Å². The van der Waals surface area contributed by atoms with E-state index in [0.29, 0.717) is 17.2 Å². The van der Waals surface area contributed by atoms with Crippen molar-refractivity contribution in [3.63, 3.8) is 0 Å². The lowest BCUT2D eigenvalue weighted by Crippen LogP contribution is -2.21. The monoisotopic (exact) mass is 247 g/mol. The van der Waals surface area contributed by atoms with Crippen molar-refractivity contribution >= 4 is 17.0 Å². The van der Waals surface area contributed by atoms with Crippen LogP contribution < -0.4 is 17.0 Å². The lowest BCUT2D eigenvalue weighted by molar-refractivity contribution is 0.779. The van der Waals surface area contributed by atoms with E-state index in [-0.39, 0.29) is 11.2 Å². The summed E-state index contributed by atoms with van der Waals surface area (Å²) in [6.45, 7) is 0. The van der Waals surface area contributed by atoms with Crippen molar-refractivity contribution in [3.05, 3.63) is 27.0 Å². The van der Waals surface area contributed by atoms with Crippen molar-refractivity contribution in [1.82, 2.24) is 29.7 Å². The molecule has 0 atom stereocenters. The second kappa shape index (κ2) is 3.32. The van der Waals surface area contributed by atoms with E-state index in [1.807, 2.05) is 0 Å². The van der Waals surface area contributed by atoms with E-state index in [9.17, 15) is 9.59 Å². The molecule has 0 aromatic carbocycles. The number of nitrogens with two attached hydrogens (primary N) is 1. The minimum Gasteiger partial charge on any atom is -0.383 e. The van der Waals surface area contributed by atoms with Crippen LogP contribution in [0.2, 0.25) is 0 Å². The number of aromatic amines is 3. The first-order valence-corrected chi connectivity index (χ1v) is 5.06. The van der Waals surface area contributed by atoms with E-state index >= 15 is 0 Å². The molecule has 3 aromatic heterocycles. The Bertz CT molecular complexity index is 850. The Balaban J connectivity index is 2.32.